The molecule has 0 radical (unpaired) electrons. The van der Waals surface area contributed by atoms with Crippen molar-refractivity contribution in [2.24, 2.45) is 5.92 Å². The number of rotatable bonds is 7. The molecule has 3 aromatic rings. The topological polar surface area (TPSA) is 73.6 Å². The average molecular weight is 355 g/mol. The van der Waals surface area contributed by atoms with Gasteiger partial charge in [0.1, 0.15) is 12.1 Å². The third-order valence-corrected chi connectivity index (χ3v) is 4.56. The first-order valence-corrected chi connectivity index (χ1v) is 8.65. The second kappa shape index (κ2) is 7.59. The van der Waals surface area contributed by atoms with Crippen molar-refractivity contribution >= 4 is 11.6 Å². The maximum absolute atomic E-state index is 5.39. The van der Waals surface area contributed by atoms with Crippen molar-refractivity contribution in [1.29, 1.82) is 0 Å². The number of nitrogens with one attached hydrogen (secondary N) is 1. The molecule has 7 heteroatoms. The SMILES string of the molecule is COc1ccc(CC(C)CNc2c(C)c(C)nc3ncnn23)cc1OC. The van der Waals surface area contributed by atoms with Gasteiger partial charge < -0.3 is 14.8 Å². The lowest BCUT2D eigenvalue weighted by Crippen LogP contribution is -2.17. The number of methoxy groups -OCH3 is 2. The summed E-state index contributed by atoms with van der Waals surface area (Å²) in [4.78, 5) is 8.64. The van der Waals surface area contributed by atoms with Gasteiger partial charge in [-0.3, -0.25) is 0 Å². The normalized spacial score (nSPS) is 12.2. The Morgan fingerprint density at radius 3 is 2.65 bits per heavy atom. The van der Waals surface area contributed by atoms with Crippen LogP contribution in [0.2, 0.25) is 0 Å². The molecule has 0 spiro atoms. The largest absolute Gasteiger partial charge is 0.493 e. The molecule has 1 N–H and O–H groups in total. The van der Waals surface area contributed by atoms with Crippen LogP contribution in [0.5, 0.6) is 11.5 Å². The van der Waals surface area contributed by atoms with Crippen LogP contribution in [0, 0.1) is 19.8 Å². The lowest BCUT2D eigenvalue weighted by atomic mass is 10.0. The van der Waals surface area contributed by atoms with Gasteiger partial charge in [-0.05, 0) is 43.9 Å². The molecule has 2 heterocycles. The Kier molecular flexibility index (Phi) is 5.25. The first kappa shape index (κ1) is 18.0. The summed E-state index contributed by atoms with van der Waals surface area (Å²) in [6.07, 6.45) is 2.45. The van der Waals surface area contributed by atoms with Gasteiger partial charge in [0.25, 0.3) is 5.78 Å². The minimum Gasteiger partial charge on any atom is -0.493 e. The number of nitrogens with zero attached hydrogens (tertiary/aromatic N) is 4. The van der Waals surface area contributed by atoms with Crippen LogP contribution in [-0.4, -0.2) is 40.3 Å². The highest BCUT2D eigenvalue weighted by Gasteiger charge is 2.13. The molecular weight excluding hydrogens is 330 g/mol. The van der Waals surface area contributed by atoms with Gasteiger partial charge in [-0.15, -0.1) is 0 Å². The fraction of sp³-hybridized carbons (Fsp3) is 0.421. The van der Waals surface area contributed by atoms with Gasteiger partial charge >= 0.3 is 0 Å². The maximum Gasteiger partial charge on any atom is 0.254 e. The lowest BCUT2D eigenvalue weighted by molar-refractivity contribution is 0.354. The van der Waals surface area contributed by atoms with Gasteiger partial charge in [-0.25, -0.2) is 4.98 Å². The zero-order valence-electron chi connectivity index (χ0n) is 15.9. The standard InChI is InChI=1S/C19H25N5O2/c1-12(8-15-6-7-16(25-4)17(9-15)26-5)10-20-18-13(2)14(3)23-19-21-11-22-24(18)19/h6-7,9,11-12,20H,8,10H2,1-5H3. The van der Waals surface area contributed by atoms with E-state index >= 15 is 0 Å². The predicted molar refractivity (Wildman–Crippen MR) is 101 cm³/mol. The minimum absolute atomic E-state index is 0.416. The van der Waals surface area contributed by atoms with E-state index in [1.807, 2.05) is 26.0 Å². The van der Waals surface area contributed by atoms with E-state index in [2.05, 4.69) is 33.4 Å². The molecule has 3 rings (SSSR count). The number of hydrogen-bond acceptors (Lipinski definition) is 6. The van der Waals surface area contributed by atoms with Crippen LogP contribution in [0.1, 0.15) is 23.7 Å². The Labute approximate surface area is 153 Å². The van der Waals surface area contributed by atoms with Crippen LogP contribution in [0.3, 0.4) is 0 Å². The first-order valence-electron chi connectivity index (χ1n) is 8.65. The molecule has 0 aliphatic carbocycles. The zero-order chi connectivity index (χ0) is 18.7. The van der Waals surface area contributed by atoms with Crippen molar-refractivity contribution < 1.29 is 9.47 Å². The minimum atomic E-state index is 0.416. The summed E-state index contributed by atoms with van der Waals surface area (Å²) in [5, 5.41) is 7.79. The van der Waals surface area contributed by atoms with Crippen molar-refractivity contribution in [3.05, 3.63) is 41.3 Å². The van der Waals surface area contributed by atoms with Crippen LogP contribution in [0.25, 0.3) is 5.78 Å². The fourth-order valence-electron chi connectivity index (χ4n) is 2.99. The molecule has 1 unspecified atom stereocenters. The summed E-state index contributed by atoms with van der Waals surface area (Å²) in [5.41, 5.74) is 3.26. The Hall–Kier alpha value is -2.83. The highest BCUT2D eigenvalue weighted by Crippen LogP contribution is 2.28. The summed E-state index contributed by atoms with van der Waals surface area (Å²) in [6.45, 7) is 7.06. The number of ether oxygens (including phenoxy) is 2. The van der Waals surface area contributed by atoms with Gasteiger partial charge in [0.15, 0.2) is 11.5 Å². The second-order valence-corrected chi connectivity index (χ2v) is 6.52. The van der Waals surface area contributed by atoms with Crippen LogP contribution in [-0.2, 0) is 6.42 Å². The van der Waals surface area contributed by atoms with Crippen LogP contribution in [0.4, 0.5) is 5.82 Å². The molecule has 1 aromatic carbocycles. The molecule has 0 saturated carbocycles. The molecule has 26 heavy (non-hydrogen) atoms. The number of anilines is 1. The van der Waals surface area contributed by atoms with E-state index in [0.29, 0.717) is 11.7 Å². The third-order valence-electron chi connectivity index (χ3n) is 4.56. The van der Waals surface area contributed by atoms with Crippen molar-refractivity contribution in [3.63, 3.8) is 0 Å². The highest BCUT2D eigenvalue weighted by atomic mass is 16.5. The molecule has 0 aliphatic heterocycles. The molecule has 2 aromatic heterocycles. The summed E-state index contributed by atoms with van der Waals surface area (Å²) in [5.74, 6) is 3.49. The number of hydrogen-bond donors (Lipinski definition) is 1. The first-order chi connectivity index (χ1) is 12.5. The van der Waals surface area contributed by atoms with E-state index in [0.717, 1.165) is 41.5 Å². The quantitative estimate of drug-likeness (QED) is 0.702. The van der Waals surface area contributed by atoms with E-state index in [-0.39, 0.29) is 0 Å². The Bertz CT molecular complexity index is 906. The van der Waals surface area contributed by atoms with Crippen LogP contribution in [0.15, 0.2) is 24.5 Å². The predicted octanol–water partition coefficient (Wildman–Crippen LogP) is 3.05. The van der Waals surface area contributed by atoms with Crippen molar-refractivity contribution in [2.45, 2.75) is 27.2 Å². The Morgan fingerprint density at radius 2 is 1.92 bits per heavy atom. The Morgan fingerprint density at radius 1 is 1.15 bits per heavy atom. The van der Waals surface area contributed by atoms with Crippen LogP contribution < -0.4 is 14.8 Å². The van der Waals surface area contributed by atoms with Crippen LogP contribution >= 0.6 is 0 Å². The summed E-state index contributed by atoms with van der Waals surface area (Å²) >= 11 is 0. The molecule has 0 bridgehead atoms. The average Bonchev–Trinajstić information content (AvgIpc) is 3.09. The van der Waals surface area contributed by atoms with Gasteiger partial charge in [-0.1, -0.05) is 13.0 Å². The summed E-state index contributed by atoms with van der Waals surface area (Å²) in [7, 11) is 3.30. The monoisotopic (exact) mass is 355 g/mol. The third kappa shape index (κ3) is 3.56. The fourth-order valence-corrected chi connectivity index (χ4v) is 2.99. The number of benzene rings is 1. The van der Waals surface area contributed by atoms with Crippen molar-refractivity contribution in [3.8, 4) is 11.5 Å². The molecule has 0 amide bonds. The van der Waals surface area contributed by atoms with Gasteiger partial charge in [0, 0.05) is 17.8 Å². The summed E-state index contributed by atoms with van der Waals surface area (Å²) in [6, 6.07) is 6.06. The lowest BCUT2D eigenvalue weighted by Gasteiger charge is -2.17. The zero-order valence-corrected chi connectivity index (χ0v) is 15.9. The van der Waals surface area contributed by atoms with Crippen molar-refractivity contribution in [1.82, 2.24) is 19.6 Å². The van der Waals surface area contributed by atoms with Gasteiger partial charge in [-0.2, -0.15) is 14.6 Å². The number of fused-ring (bicyclic) bond motifs is 1. The number of aryl methyl sites for hydroxylation is 1. The second-order valence-electron chi connectivity index (χ2n) is 6.52. The van der Waals surface area contributed by atoms with E-state index in [1.165, 1.54) is 11.9 Å². The van der Waals surface area contributed by atoms with E-state index in [9.17, 15) is 0 Å². The smallest absolute Gasteiger partial charge is 0.254 e. The van der Waals surface area contributed by atoms with E-state index < -0.39 is 0 Å². The molecular formula is C19H25N5O2. The number of aromatic nitrogens is 4. The van der Waals surface area contributed by atoms with Gasteiger partial charge in [0.2, 0.25) is 0 Å². The molecule has 0 fully saturated rings. The van der Waals surface area contributed by atoms with E-state index in [1.54, 1.807) is 18.7 Å². The van der Waals surface area contributed by atoms with Crippen molar-refractivity contribution in [2.75, 3.05) is 26.1 Å². The summed E-state index contributed by atoms with van der Waals surface area (Å²) < 4.78 is 12.4. The van der Waals surface area contributed by atoms with E-state index in [4.69, 9.17) is 9.47 Å². The van der Waals surface area contributed by atoms with Gasteiger partial charge in [0.05, 0.1) is 14.2 Å². The molecule has 138 valence electrons. The molecule has 7 nitrogen and oxygen atoms in total. The molecule has 0 saturated heterocycles. The Balaban J connectivity index is 1.71. The molecule has 1 atom stereocenters. The highest BCUT2D eigenvalue weighted by molar-refractivity contribution is 5.51. The maximum atomic E-state index is 5.39. The molecule has 0 aliphatic rings.